The summed E-state index contributed by atoms with van der Waals surface area (Å²) in [5.41, 5.74) is 11.3. The zero-order valence-corrected chi connectivity index (χ0v) is 15.1. The lowest BCUT2D eigenvalue weighted by Gasteiger charge is -2.27. The number of aromatic nitrogens is 3. The topological polar surface area (TPSA) is 77.8 Å². The van der Waals surface area contributed by atoms with Crippen LogP contribution in [0.15, 0.2) is 34.2 Å². The first-order valence-corrected chi connectivity index (χ1v) is 9.66. The molecule has 1 saturated carbocycles. The molecule has 3 aromatic rings. The van der Waals surface area contributed by atoms with E-state index in [1.165, 1.54) is 23.4 Å². The van der Waals surface area contributed by atoms with Gasteiger partial charge < -0.3 is 10.2 Å². The van der Waals surface area contributed by atoms with Crippen LogP contribution in [-0.4, -0.2) is 15.2 Å². The van der Waals surface area contributed by atoms with Crippen LogP contribution in [0.2, 0.25) is 0 Å². The summed E-state index contributed by atoms with van der Waals surface area (Å²) in [6, 6.07) is 8.07. The molecule has 1 fully saturated rings. The van der Waals surface area contributed by atoms with E-state index in [9.17, 15) is 0 Å². The van der Waals surface area contributed by atoms with Crippen molar-refractivity contribution in [2.75, 3.05) is 5.73 Å². The molecule has 0 saturated heterocycles. The van der Waals surface area contributed by atoms with Gasteiger partial charge in [-0.3, -0.25) is 0 Å². The number of aryl methyl sites for hydroxylation is 1. The van der Waals surface area contributed by atoms with Gasteiger partial charge in [-0.05, 0) is 37.7 Å². The molecule has 1 aromatic carbocycles. The Labute approximate surface area is 151 Å². The van der Waals surface area contributed by atoms with Crippen LogP contribution in [0.5, 0.6) is 0 Å². The van der Waals surface area contributed by atoms with Crippen LogP contribution in [-0.2, 0) is 6.42 Å². The average molecular weight is 354 g/mol. The lowest BCUT2D eigenvalue weighted by molar-refractivity contribution is 0.300. The molecule has 2 aromatic heterocycles. The number of benzene rings is 1. The third-order valence-electron chi connectivity index (χ3n) is 5.07. The fourth-order valence-corrected chi connectivity index (χ4v) is 4.68. The summed E-state index contributed by atoms with van der Waals surface area (Å²) in [5, 5.41) is 8.06. The van der Waals surface area contributed by atoms with Gasteiger partial charge in [-0.15, -0.1) is 21.5 Å². The molecule has 4 rings (SSSR count). The number of hydrogen-bond acceptors (Lipinski definition) is 6. The Kier molecular flexibility index (Phi) is 4.53. The Balaban J connectivity index is 1.45. The van der Waals surface area contributed by atoms with E-state index >= 15 is 0 Å². The Morgan fingerprint density at radius 2 is 1.96 bits per heavy atom. The van der Waals surface area contributed by atoms with E-state index in [1.54, 1.807) is 11.3 Å². The van der Waals surface area contributed by atoms with E-state index in [-0.39, 0.29) is 0 Å². The Morgan fingerprint density at radius 1 is 1.16 bits per heavy atom. The maximum absolute atomic E-state index is 6.18. The van der Waals surface area contributed by atoms with Crippen molar-refractivity contribution in [3.8, 4) is 10.4 Å². The van der Waals surface area contributed by atoms with Crippen molar-refractivity contribution in [3.63, 3.8) is 0 Å². The first-order chi connectivity index (χ1) is 12.2. The Morgan fingerprint density at radius 3 is 2.68 bits per heavy atom. The zero-order chi connectivity index (χ0) is 17.2. The van der Waals surface area contributed by atoms with Crippen molar-refractivity contribution in [2.45, 2.75) is 44.9 Å². The summed E-state index contributed by atoms with van der Waals surface area (Å²) in [6.07, 6.45) is 5.55. The summed E-state index contributed by atoms with van der Waals surface area (Å²) in [7, 11) is 0. The van der Waals surface area contributed by atoms with Crippen LogP contribution in [0.4, 0.5) is 5.69 Å². The Hall–Kier alpha value is -2.21. The molecule has 0 atom stereocenters. The fraction of sp³-hybridized carbons (Fsp3) is 0.421. The summed E-state index contributed by atoms with van der Waals surface area (Å²) < 4.78 is 5.53. The summed E-state index contributed by atoms with van der Waals surface area (Å²) in [4.78, 5) is 5.92. The highest BCUT2D eigenvalue weighted by molar-refractivity contribution is 7.13. The molecule has 0 amide bonds. The van der Waals surface area contributed by atoms with Crippen molar-refractivity contribution in [3.05, 3.63) is 47.3 Å². The molecule has 0 spiro atoms. The molecule has 25 heavy (non-hydrogen) atoms. The van der Waals surface area contributed by atoms with E-state index in [1.807, 2.05) is 30.6 Å². The maximum atomic E-state index is 6.18. The Bertz CT molecular complexity index is 848. The number of nitrogens with two attached hydrogens (primary N) is 1. The van der Waals surface area contributed by atoms with E-state index in [0.717, 1.165) is 36.4 Å². The van der Waals surface area contributed by atoms with Gasteiger partial charge in [-0.1, -0.05) is 18.2 Å². The highest BCUT2D eigenvalue weighted by atomic mass is 32.1. The average Bonchev–Trinajstić information content (AvgIpc) is 3.25. The molecule has 2 N–H and O–H groups in total. The van der Waals surface area contributed by atoms with Gasteiger partial charge in [0.25, 0.3) is 0 Å². The molecule has 0 radical (unpaired) electrons. The number of para-hydroxylation sites is 1. The zero-order valence-electron chi connectivity index (χ0n) is 14.3. The molecule has 1 aliphatic rings. The standard InChI is InChI=1S/C19H22N4OS/c1-12-22-23-17(24-12)10-13-6-8-14(9-7-13)18-19(25-11-21-18)15-4-2-3-5-16(15)20/h2-5,11,13-14H,6-10,20H2,1H3. The minimum Gasteiger partial charge on any atom is -0.426 e. The van der Waals surface area contributed by atoms with Gasteiger partial charge in [0.05, 0.1) is 16.1 Å². The fourth-order valence-electron chi connectivity index (χ4n) is 3.76. The number of anilines is 1. The van der Waals surface area contributed by atoms with Crippen molar-refractivity contribution >= 4 is 17.0 Å². The van der Waals surface area contributed by atoms with Gasteiger partial charge >= 0.3 is 0 Å². The summed E-state index contributed by atoms with van der Waals surface area (Å²) >= 11 is 1.69. The van der Waals surface area contributed by atoms with Crippen molar-refractivity contribution in [1.29, 1.82) is 0 Å². The molecule has 0 bridgehead atoms. The minimum absolute atomic E-state index is 0.515. The number of rotatable bonds is 4. The molecule has 6 heteroatoms. The number of thiazole rings is 1. The van der Waals surface area contributed by atoms with Crippen LogP contribution < -0.4 is 5.73 Å². The molecule has 130 valence electrons. The largest absolute Gasteiger partial charge is 0.426 e. The molecular weight excluding hydrogens is 332 g/mol. The lowest BCUT2D eigenvalue weighted by atomic mass is 9.78. The minimum atomic E-state index is 0.515. The van der Waals surface area contributed by atoms with Gasteiger partial charge in [-0.25, -0.2) is 4.98 Å². The van der Waals surface area contributed by atoms with Crippen molar-refractivity contribution < 1.29 is 4.42 Å². The monoisotopic (exact) mass is 354 g/mol. The first-order valence-electron chi connectivity index (χ1n) is 8.78. The second-order valence-corrected chi connectivity index (χ2v) is 7.65. The smallest absolute Gasteiger partial charge is 0.216 e. The van der Waals surface area contributed by atoms with Crippen LogP contribution in [0.1, 0.15) is 49.1 Å². The van der Waals surface area contributed by atoms with Crippen molar-refractivity contribution in [2.24, 2.45) is 5.92 Å². The van der Waals surface area contributed by atoms with E-state index in [4.69, 9.17) is 15.1 Å². The number of nitrogens with zero attached hydrogens (tertiary/aromatic N) is 3. The molecule has 1 aliphatic carbocycles. The van der Waals surface area contributed by atoms with Crippen LogP contribution in [0.25, 0.3) is 10.4 Å². The predicted molar refractivity (Wildman–Crippen MR) is 99.4 cm³/mol. The number of hydrogen-bond donors (Lipinski definition) is 1. The molecule has 5 nitrogen and oxygen atoms in total. The van der Waals surface area contributed by atoms with E-state index in [0.29, 0.717) is 17.7 Å². The maximum Gasteiger partial charge on any atom is 0.216 e. The highest BCUT2D eigenvalue weighted by Crippen LogP contribution is 2.42. The van der Waals surface area contributed by atoms with Gasteiger partial charge in [0.1, 0.15) is 0 Å². The number of nitrogen functional groups attached to an aromatic ring is 1. The van der Waals surface area contributed by atoms with Crippen LogP contribution in [0.3, 0.4) is 0 Å². The summed E-state index contributed by atoms with van der Waals surface area (Å²) in [5.74, 6) is 2.56. The van der Waals surface area contributed by atoms with Gasteiger partial charge in [0.15, 0.2) is 0 Å². The SMILES string of the molecule is Cc1nnc(CC2CCC(c3ncsc3-c3ccccc3N)CC2)o1. The summed E-state index contributed by atoms with van der Waals surface area (Å²) in [6.45, 7) is 1.84. The normalized spacial score (nSPS) is 20.7. The van der Waals surface area contributed by atoms with Crippen molar-refractivity contribution in [1.82, 2.24) is 15.2 Å². The quantitative estimate of drug-likeness (QED) is 0.693. The highest BCUT2D eigenvalue weighted by Gasteiger charge is 2.27. The molecule has 0 unspecified atom stereocenters. The van der Waals surface area contributed by atoms with E-state index < -0.39 is 0 Å². The molecule has 0 aliphatic heterocycles. The predicted octanol–water partition coefficient (Wildman–Crippen LogP) is 4.60. The third-order valence-corrected chi connectivity index (χ3v) is 5.94. The first kappa shape index (κ1) is 16.3. The van der Waals surface area contributed by atoms with Crippen LogP contribution in [0, 0.1) is 12.8 Å². The van der Waals surface area contributed by atoms with Gasteiger partial charge in [-0.2, -0.15) is 0 Å². The van der Waals surface area contributed by atoms with Gasteiger partial charge in [0, 0.05) is 30.5 Å². The second-order valence-electron chi connectivity index (χ2n) is 6.79. The van der Waals surface area contributed by atoms with E-state index in [2.05, 4.69) is 16.3 Å². The lowest BCUT2D eigenvalue weighted by Crippen LogP contribution is -2.16. The molecule has 2 heterocycles. The van der Waals surface area contributed by atoms with Crippen LogP contribution >= 0.6 is 11.3 Å². The molecular formula is C19H22N4OS. The third kappa shape index (κ3) is 3.44. The second kappa shape index (κ2) is 6.96. The van der Waals surface area contributed by atoms with Gasteiger partial charge in [0.2, 0.25) is 11.8 Å².